The third-order valence-corrected chi connectivity index (χ3v) is 3.79. The molecule has 0 saturated carbocycles. The minimum Gasteiger partial charge on any atom is -0.354 e. The molecule has 3 rings (SSSR count). The Morgan fingerprint density at radius 1 is 1.04 bits per heavy atom. The van der Waals surface area contributed by atoms with Gasteiger partial charge in [-0.25, -0.2) is 9.97 Å². The quantitative estimate of drug-likeness (QED) is 0.668. The molecule has 0 atom stereocenters. The number of hydrogen-bond donors (Lipinski definition) is 2. The van der Waals surface area contributed by atoms with Crippen molar-refractivity contribution < 1.29 is 0 Å². The van der Waals surface area contributed by atoms with E-state index in [1.54, 1.807) is 12.4 Å². The maximum atomic E-state index is 4.60. The van der Waals surface area contributed by atoms with E-state index in [9.17, 15) is 0 Å². The maximum Gasteiger partial charge on any atom is 0.226 e. The van der Waals surface area contributed by atoms with Crippen LogP contribution in [0.2, 0.25) is 0 Å². The SMILES string of the molecule is CCCCNc1nc(Nc2cc(C)ccc2C)c2nccnc2n1. The predicted molar refractivity (Wildman–Crippen MR) is 97.7 cm³/mol. The first-order chi connectivity index (χ1) is 11.7. The molecule has 0 saturated heterocycles. The van der Waals surface area contributed by atoms with Gasteiger partial charge < -0.3 is 10.6 Å². The number of fused-ring (bicyclic) bond motifs is 1. The Bertz CT molecular complexity index is 846. The first-order valence-corrected chi connectivity index (χ1v) is 8.24. The van der Waals surface area contributed by atoms with Crippen LogP contribution in [0, 0.1) is 13.8 Å². The van der Waals surface area contributed by atoms with Crippen LogP contribution in [0.15, 0.2) is 30.6 Å². The second-order valence-corrected chi connectivity index (χ2v) is 5.85. The van der Waals surface area contributed by atoms with E-state index in [0.29, 0.717) is 22.9 Å². The molecule has 0 fully saturated rings. The van der Waals surface area contributed by atoms with Crippen LogP contribution >= 0.6 is 0 Å². The molecule has 0 aliphatic rings. The minimum atomic E-state index is 0.573. The van der Waals surface area contributed by atoms with Crippen molar-refractivity contribution in [3.63, 3.8) is 0 Å². The minimum absolute atomic E-state index is 0.573. The average molecular weight is 322 g/mol. The monoisotopic (exact) mass is 322 g/mol. The summed E-state index contributed by atoms with van der Waals surface area (Å²) in [6.45, 7) is 7.13. The van der Waals surface area contributed by atoms with Gasteiger partial charge in [0.1, 0.15) is 0 Å². The van der Waals surface area contributed by atoms with Gasteiger partial charge in [0.15, 0.2) is 17.0 Å². The van der Waals surface area contributed by atoms with Crippen LogP contribution in [-0.2, 0) is 0 Å². The fourth-order valence-corrected chi connectivity index (χ4v) is 2.40. The Labute approximate surface area is 141 Å². The zero-order chi connectivity index (χ0) is 16.9. The van der Waals surface area contributed by atoms with Crippen molar-refractivity contribution in [2.75, 3.05) is 17.2 Å². The molecule has 6 heteroatoms. The molecule has 2 N–H and O–H groups in total. The molecule has 0 aliphatic heterocycles. The summed E-state index contributed by atoms with van der Waals surface area (Å²) in [5, 5.41) is 6.65. The van der Waals surface area contributed by atoms with Gasteiger partial charge in [0.2, 0.25) is 5.95 Å². The van der Waals surface area contributed by atoms with E-state index < -0.39 is 0 Å². The highest BCUT2D eigenvalue weighted by Crippen LogP contribution is 2.25. The van der Waals surface area contributed by atoms with E-state index >= 15 is 0 Å². The largest absolute Gasteiger partial charge is 0.354 e. The lowest BCUT2D eigenvalue weighted by Crippen LogP contribution is -2.08. The van der Waals surface area contributed by atoms with E-state index in [-0.39, 0.29) is 0 Å². The molecule has 0 radical (unpaired) electrons. The van der Waals surface area contributed by atoms with Gasteiger partial charge in [-0.1, -0.05) is 25.5 Å². The normalized spacial score (nSPS) is 10.8. The van der Waals surface area contributed by atoms with E-state index in [4.69, 9.17) is 0 Å². The van der Waals surface area contributed by atoms with E-state index in [1.165, 1.54) is 5.56 Å². The topological polar surface area (TPSA) is 75.6 Å². The number of unbranched alkanes of at least 4 members (excludes halogenated alkanes) is 1. The Morgan fingerprint density at radius 3 is 2.71 bits per heavy atom. The van der Waals surface area contributed by atoms with Crippen molar-refractivity contribution in [1.29, 1.82) is 0 Å². The van der Waals surface area contributed by atoms with Gasteiger partial charge in [0, 0.05) is 24.6 Å². The summed E-state index contributed by atoms with van der Waals surface area (Å²) >= 11 is 0. The molecule has 2 heterocycles. The lowest BCUT2D eigenvalue weighted by molar-refractivity contribution is 0.827. The number of rotatable bonds is 6. The molecule has 1 aromatic carbocycles. The molecular weight excluding hydrogens is 300 g/mol. The molecule has 3 aromatic rings. The fourth-order valence-electron chi connectivity index (χ4n) is 2.40. The summed E-state index contributed by atoms with van der Waals surface area (Å²) in [6.07, 6.45) is 5.49. The highest BCUT2D eigenvalue weighted by atomic mass is 15.2. The molecule has 0 amide bonds. The zero-order valence-corrected chi connectivity index (χ0v) is 14.3. The summed E-state index contributed by atoms with van der Waals surface area (Å²) in [5.41, 5.74) is 4.60. The van der Waals surface area contributed by atoms with Gasteiger partial charge in [-0.3, -0.25) is 0 Å². The third kappa shape index (κ3) is 3.59. The molecule has 2 aromatic heterocycles. The number of aromatic nitrogens is 4. The Hall–Kier alpha value is -2.76. The lowest BCUT2D eigenvalue weighted by atomic mass is 10.1. The molecule has 6 nitrogen and oxygen atoms in total. The van der Waals surface area contributed by atoms with Crippen LogP contribution in [0.5, 0.6) is 0 Å². The zero-order valence-electron chi connectivity index (χ0n) is 14.3. The number of nitrogens with one attached hydrogen (secondary N) is 2. The molecule has 0 aliphatic carbocycles. The number of nitrogens with zero attached hydrogens (tertiary/aromatic N) is 4. The molecule has 0 spiro atoms. The van der Waals surface area contributed by atoms with Crippen molar-refractivity contribution >= 4 is 28.6 Å². The van der Waals surface area contributed by atoms with Crippen molar-refractivity contribution in [2.24, 2.45) is 0 Å². The maximum absolute atomic E-state index is 4.60. The van der Waals surface area contributed by atoms with Crippen molar-refractivity contribution in [2.45, 2.75) is 33.6 Å². The summed E-state index contributed by atoms with van der Waals surface area (Å²) in [5.74, 6) is 1.24. The van der Waals surface area contributed by atoms with Crippen LogP contribution in [0.3, 0.4) is 0 Å². The number of benzene rings is 1. The number of aryl methyl sites for hydroxylation is 2. The van der Waals surface area contributed by atoms with Crippen LogP contribution in [0.25, 0.3) is 11.2 Å². The van der Waals surface area contributed by atoms with Gasteiger partial charge in [-0.15, -0.1) is 0 Å². The van der Waals surface area contributed by atoms with Crippen LogP contribution in [-0.4, -0.2) is 26.5 Å². The van der Waals surface area contributed by atoms with Crippen molar-refractivity contribution in [1.82, 2.24) is 19.9 Å². The summed E-state index contributed by atoms with van der Waals surface area (Å²) in [4.78, 5) is 17.8. The standard InChI is InChI=1S/C18H22N6/c1-4-5-8-21-18-23-16-15(19-9-10-20-16)17(24-18)22-14-11-12(2)6-7-13(14)3/h6-7,9-11H,4-5,8H2,1-3H3,(H2,20,21,22,23,24). The number of anilines is 3. The fraction of sp³-hybridized carbons (Fsp3) is 0.333. The Balaban J connectivity index is 1.99. The molecule has 124 valence electrons. The van der Waals surface area contributed by atoms with Crippen molar-refractivity contribution in [3.8, 4) is 0 Å². The summed E-state index contributed by atoms with van der Waals surface area (Å²) < 4.78 is 0. The first kappa shape index (κ1) is 16.1. The Morgan fingerprint density at radius 2 is 1.88 bits per heavy atom. The second kappa shape index (κ2) is 7.21. The highest BCUT2D eigenvalue weighted by molar-refractivity contribution is 5.86. The van der Waals surface area contributed by atoms with Gasteiger partial charge in [0.05, 0.1) is 0 Å². The predicted octanol–water partition coefficient (Wildman–Crippen LogP) is 3.99. The molecule has 0 bridgehead atoms. The Kier molecular flexibility index (Phi) is 4.84. The van der Waals surface area contributed by atoms with Crippen LogP contribution in [0.1, 0.15) is 30.9 Å². The van der Waals surface area contributed by atoms with Gasteiger partial charge >= 0.3 is 0 Å². The third-order valence-electron chi connectivity index (χ3n) is 3.79. The number of hydrogen-bond acceptors (Lipinski definition) is 6. The summed E-state index contributed by atoms with van der Waals surface area (Å²) in [7, 11) is 0. The van der Waals surface area contributed by atoms with E-state index in [0.717, 1.165) is 30.6 Å². The second-order valence-electron chi connectivity index (χ2n) is 5.85. The lowest BCUT2D eigenvalue weighted by Gasteiger charge is -2.13. The van der Waals surface area contributed by atoms with E-state index in [1.807, 2.05) is 0 Å². The van der Waals surface area contributed by atoms with Crippen molar-refractivity contribution in [3.05, 3.63) is 41.7 Å². The van der Waals surface area contributed by atoms with Gasteiger partial charge in [-0.2, -0.15) is 9.97 Å². The van der Waals surface area contributed by atoms with Crippen LogP contribution < -0.4 is 10.6 Å². The molecule has 24 heavy (non-hydrogen) atoms. The smallest absolute Gasteiger partial charge is 0.226 e. The van der Waals surface area contributed by atoms with E-state index in [2.05, 4.69) is 69.5 Å². The van der Waals surface area contributed by atoms with Crippen LogP contribution in [0.4, 0.5) is 17.5 Å². The average Bonchev–Trinajstić information content (AvgIpc) is 2.58. The molecular formula is C18H22N6. The summed E-state index contributed by atoms with van der Waals surface area (Å²) in [6, 6.07) is 6.28. The molecule has 0 unspecified atom stereocenters. The highest BCUT2D eigenvalue weighted by Gasteiger charge is 2.11. The van der Waals surface area contributed by atoms with Gasteiger partial charge in [-0.05, 0) is 37.5 Å². The first-order valence-electron chi connectivity index (χ1n) is 8.24. The van der Waals surface area contributed by atoms with Gasteiger partial charge in [0.25, 0.3) is 0 Å².